The molecule has 1 aliphatic heterocycles. The summed E-state index contributed by atoms with van der Waals surface area (Å²) in [5.41, 5.74) is 2.21. The summed E-state index contributed by atoms with van der Waals surface area (Å²) in [4.78, 5) is 26.7. The van der Waals surface area contributed by atoms with Crippen molar-refractivity contribution in [3.8, 4) is 11.5 Å². The first-order valence-corrected chi connectivity index (χ1v) is 16.9. The van der Waals surface area contributed by atoms with Crippen LogP contribution in [-0.4, -0.2) is 67.4 Å². The number of hydrogen-bond donors (Lipinski definition) is 1. The number of hydrogen-bond acceptors (Lipinski definition) is 9. The van der Waals surface area contributed by atoms with E-state index >= 15 is 0 Å². The largest absolute Gasteiger partial charge is 0.497 e. The van der Waals surface area contributed by atoms with E-state index in [2.05, 4.69) is 19.1 Å². The molecule has 6 atom stereocenters. The van der Waals surface area contributed by atoms with Crippen molar-refractivity contribution < 1.29 is 43.1 Å². The van der Waals surface area contributed by atoms with Crippen LogP contribution in [0.1, 0.15) is 74.9 Å². The van der Waals surface area contributed by atoms with Crippen molar-refractivity contribution in [3.05, 3.63) is 102 Å². The maximum atomic E-state index is 13.9. The van der Waals surface area contributed by atoms with Gasteiger partial charge in [-0.25, -0.2) is 4.79 Å². The van der Waals surface area contributed by atoms with Gasteiger partial charge in [-0.15, -0.1) is 0 Å². The fraction of sp³-hybridized carbons (Fsp3) is 0.450. The molecule has 0 radical (unpaired) electrons. The van der Waals surface area contributed by atoms with Crippen molar-refractivity contribution in [2.45, 2.75) is 96.3 Å². The zero-order chi connectivity index (χ0) is 35.4. The Labute approximate surface area is 290 Å². The minimum Gasteiger partial charge on any atom is -0.497 e. The third-order valence-electron chi connectivity index (χ3n) is 8.64. The van der Waals surface area contributed by atoms with E-state index in [1.165, 1.54) is 6.92 Å². The molecular weight excluding hydrogens is 624 g/mol. The van der Waals surface area contributed by atoms with Crippen LogP contribution in [-0.2, 0) is 30.3 Å². The van der Waals surface area contributed by atoms with Gasteiger partial charge in [0, 0.05) is 0 Å². The van der Waals surface area contributed by atoms with Crippen molar-refractivity contribution in [3.63, 3.8) is 0 Å². The fourth-order valence-corrected chi connectivity index (χ4v) is 5.87. The molecule has 0 aliphatic carbocycles. The summed E-state index contributed by atoms with van der Waals surface area (Å²) >= 11 is 0. The lowest BCUT2D eigenvalue weighted by atomic mass is 9.89. The Morgan fingerprint density at radius 1 is 0.857 bits per heavy atom. The summed E-state index contributed by atoms with van der Waals surface area (Å²) in [5, 5.41) is 11.8. The van der Waals surface area contributed by atoms with Crippen LogP contribution in [0.15, 0.2) is 84.9 Å². The first-order valence-electron chi connectivity index (χ1n) is 16.9. The second-order valence-corrected chi connectivity index (χ2v) is 12.9. The van der Waals surface area contributed by atoms with Crippen LogP contribution in [0.25, 0.3) is 6.08 Å². The average molecular weight is 675 g/mol. The Bertz CT molecular complexity index is 1480. The van der Waals surface area contributed by atoms with Gasteiger partial charge in [0.05, 0.1) is 32.5 Å². The SMILES string of the molecule is COc1ccc(/C=C/CCCC[C@H](C)[C@@H]2OC(C)(C)O[C@H]2[C@@H](O)[C@H](OCc2ccc(OC)cc2)C(=O)[C@@H](C)OC(=O)c2ccccc2)cc1. The summed E-state index contributed by atoms with van der Waals surface area (Å²) in [6, 6.07) is 23.6. The highest BCUT2D eigenvalue weighted by Crippen LogP contribution is 2.37. The minimum atomic E-state index is -1.40. The molecule has 0 amide bonds. The molecule has 1 fully saturated rings. The summed E-state index contributed by atoms with van der Waals surface area (Å²) in [6.45, 7) is 7.17. The summed E-state index contributed by atoms with van der Waals surface area (Å²) in [7, 11) is 3.24. The van der Waals surface area contributed by atoms with E-state index in [1.807, 2.05) is 36.4 Å². The Kier molecular flexibility index (Phi) is 14.0. The third-order valence-corrected chi connectivity index (χ3v) is 8.64. The third kappa shape index (κ3) is 11.0. The molecule has 3 aromatic rings. The van der Waals surface area contributed by atoms with Gasteiger partial charge in [-0.05, 0) is 93.5 Å². The Hall–Kier alpha value is -4.02. The number of aliphatic hydroxyl groups excluding tert-OH is 1. The number of ether oxygens (including phenoxy) is 6. The number of Topliss-reactive ketones (excluding diaryl/α,β-unsaturated/α-hetero) is 1. The van der Waals surface area contributed by atoms with Gasteiger partial charge in [0.15, 0.2) is 11.9 Å². The molecule has 1 N–H and O–H groups in total. The summed E-state index contributed by atoms with van der Waals surface area (Å²) < 4.78 is 34.7. The van der Waals surface area contributed by atoms with Crippen LogP contribution in [0.2, 0.25) is 0 Å². The predicted molar refractivity (Wildman–Crippen MR) is 187 cm³/mol. The number of unbranched alkanes of at least 4 members (excludes halogenated alkanes) is 2. The van der Waals surface area contributed by atoms with Gasteiger partial charge in [0.1, 0.15) is 29.8 Å². The van der Waals surface area contributed by atoms with Crippen molar-refractivity contribution in [2.24, 2.45) is 5.92 Å². The number of allylic oxidation sites excluding steroid dienone is 1. The molecule has 49 heavy (non-hydrogen) atoms. The van der Waals surface area contributed by atoms with Gasteiger partial charge in [-0.1, -0.05) is 68.0 Å². The van der Waals surface area contributed by atoms with Crippen molar-refractivity contribution in [1.29, 1.82) is 0 Å². The number of ketones is 1. The number of benzene rings is 3. The standard InChI is InChI=1S/C40H50O9/c1-27(14-10-7-8-11-15-29-18-22-32(44-5)23-19-29)36-38(49-40(3,4)48-36)35(42)37(46-26-30-20-24-33(45-6)25-21-30)34(41)28(2)47-39(43)31-16-12-9-13-17-31/h9,11-13,15-25,27-28,35-38,42H,7-8,10,14,26H2,1-6H3/b15-11+/t27-,28+,35-,36-,37+,38-/m0/s1. The zero-order valence-corrected chi connectivity index (χ0v) is 29.4. The molecule has 0 bridgehead atoms. The second kappa shape index (κ2) is 18.1. The smallest absolute Gasteiger partial charge is 0.338 e. The molecule has 264 valence electrons. The summed E-state index contributed by atoms with van der Waals surface area (Å²) in [6.07, 6.45) is 2.65. The highest BCUT2D eigenvalue weighted by molar-refractivity contribution is 5.94. The lowest BCUT2D eigenvalue weighted by Crippen LogP contribution is -2.51. The van der Waals surface area contributed by atoms with Crippen molar-refractivity contribution >= 4 is 17.8 Å². The average Bonchev–Trinajstić information content (AvgIpc) is 3.45. The molecule has 9 nitrogen and oxygen atoms in total. The highest BCUT2D eigenvalue weighted by atomic mass is 16.8. The maximum absolute atomic E-state index is 13.9. The van der Waals surface area contributed by atoms with Crippen LogP contribution >= 0.6 is 0 Å². The second-order valence-electron chi connectivity index (χ2n) is 12.9. The number of methoxy groups -OCH3 is 2. The van der Waals surface area contributed by atoms with Crippen LogP contribution in [0.5, 0.6) is 11.5 Å². The number of aliphatic hydroxyl groups is 1. The first-order chi connectivity index (χ1) is 23.5. The van der Waals surface area contributed by atoms with Crippen LogP contribution in [0.4, 0.5) is 0 Å². The molecule has 4 rings (SSSR count). The molecule has 1 saturated heterocycles. The Balaban J connectivity index is 1.42. The normalized spacial score (nSPS) is 19.6. The molecule has 3 aromatic carbocycles. The van der Waals surface area contributed by atoms with E-state index in [1.54, 1.807) is 70.5 Å². The molecule has 9 heteroatoms. The van der Waals surface area contributed by atoms with E-state index in [0.29, 0.717) is 11.3 Å². The van der Waals surface area contributed by atoms with E-state index in [-0.39, 0.29) is 12.5 Å². The van der Waals surface area contributed by atoms with E-state index in [0.717, 1.165) is 42.6 Å². The first kappa shape index (κ1) is 37.8. The Morgan fingerprint density at radius 3 is 2.10 bits per heavy atom. The number of carbonyl (C=O) groups excluding carboxylic acids is 2. The Morgan fingerprint density at radius 2 is 1.47 bits per heavy atom. The molecule has 0 saturated carbocycles. The minimum absolute atomic E-state index is 0.0117. The highest BCUT2D eigenvalue weighted by Gasteiger charge is 2.50. The monoisotopic (exact) mass is 674 g/mol. The van der Waals surface area contributed by atoms with E-state index in [9.17, 15) is 14.7 Å². The lowest BCUT2D eigenvalue weighted by Gasteiger charge is -2.32. The topological polar surface area (TPSA) is 110 Å². The number of esters is 1. The van der Waals surface area contributed by atoms with Gasteiger partial charge >= 0.3 is 5.97 Å². The maximum Gasteiger partial charge on any atom is 0.338 e. The van der Waals surface area contributed by atoms with Crippen molar-refractivity contribution in [2.75, 3.05) is 14.2 Å². The quantitative estimate of drug-likeness (QED) is 0.111. The number of carbonyl (C=O) groups is 2. The molecule has 0 unspecified atom stereocenters. The zero-order valence-electron chi connectivity index (χ0n) is 29.4. The van der Waals surface area contributed by atoms with Crippen LogP contribution in [0.3, 0.4) is 0 Å². The van der Waals surface area contributed by atoms with Gasteiger partial charge < -0.3 is 33.5 Å². The molecule has 0 spiro atoms. The van der Waals surface area contributed by atoms with Crippen LogP contribution in [0, 0.1) is 5.92 Å². The van der Waals surface area contributed by atoms with Gasteiger partial charge in [-0.2, -0.15) is 0 Å². The molecule has 0 aromatic heterocycles. The van der Waals surface area contributed by atoms with Gasteiger partial charge in [-0.3, -0.25) is 4.79 Å². The van der Waals surface area contributed by atoms with Gasteiger partial charge in [0.25, 0.3) is 0 Å². The predicted octanol–water partition coefficient (Wildman–Crippen LogP) is 7.19. The summed E-state index contributed by atoms with van der Waals surface area (Å²) in [5.74, 6) is -0.679. The molecular formula is C40H50O9. The van der Waals surface area contributed by atoms with Gasteiger partial charge in [0.2, 0.25) is 5.78 Å². The lowest BCUT2D eigenvalue weighted by molar-refractivity contribution is -0.175. The van der Waals surface area contributed by atoms with Crippen molar-refractivity contribution in [1.82, 2.24) is 0 Å². The molecule has 1 aliphatic rings. The van der Waals surface area contributed by atoms with E-state index < -0.39 is 48.1 Å². The fourth-order valence-electron chi connectivity index (χ4n) is 5.87. The van der Waals surface area contributed by atoms with Crippen LogP contribution < -0.4 is 9.47 Å². The number of rotatable bonds is 18. The van der Waals surface area contributed by atoms with E-state index in [4.69, 9.17) is 28.4 Å². The molecule has 1 heterocycles.